The Morgan fingerprint density at radius 2 is 1.56 bits per heavy atom. The molecule has 0 bridgehead atoms. The molecular formula is C54H69Br2N3O7. The van der Waals surface area contributed by atoms with Crippen LogP contribution in [0.25, 0.3) is 0 Å². The minimum Gasteiger partial charge on any atom is -0.507 e. The Kier molecular flexibility index (Phi) is 13.9. The molecule has 4 N–H and O–H groups in total. The Hall–Kier alpha value is -3.90. The molecule has 356 valence electrons. The highest BCUT2D eigenvalue weighted by atomic mass is 79.9. The summed E-state index contributed by atoms with van der Waals surface area (Å²) in [7, 11) is 0. The SMILES string of the molecule is CC(C)C1CCC2C(CCC3C(C)(COC(=O)NCC4(C)CC(NC(=O)OCCc5cc(Nc6ccc(O)c7c6C(=O)c6ccccc6C7=O)c(Br)cc5Br)CC(C)(C)C4)CCCC23C)C1. The molecule has 3 aromatic rings. The van der Waals surface area contributed by atoms with Crippen LogP contribution in [0.4, 0.5) is 21.0 Å². The molecule has 66 heavy (non-hydrogen) atoms. The first-order chi connectivity index (χ1) is 31.2. The molecule has 2 amide bonds. The molecule has 0 aromatic heterocycles. The normalized spacial score (nSPS) is 30.0. The van der Waals surface area contributed by atoms with Crippen LogP contribution in [0.2, 0.25) is 0 Å². The third-order valence-corrected chi connectivity index (χ3v) is 18.2. The van der Waals surface area contributed by atoms with Crippen molar-refractivity contribution in [2.75, 3.05) is 25.1 Å². The van der Waals surface area contributed by atoms with Crippen molar-refractivity contribution >= 4 is 67.0 Å². The molecule has 0 radical (unpaired) electrons. The molecule has 10 nitrogen and oxygen atoms in total. The van der Waals surface area contributed by atoms with Gasteiger partial charge >= 0.3 is 12.2 Å². The van der Waals surface area contributed by atoms with Crippen LogP contribution in [0.15, 0.2) is 57.5 Å². The molecule has 0 saturated heterocycles. The topological polar surface area (TPSA) is 143 Å². The van der Waals surface area contributed by atoms with Crippen LogP contribution in [-0.4, -0.2) is 54.7 Å². The summed E-state index contributed by atoms with van der Waals surface area (Å²) in [4.78, 5) is 53.9. The van der Waals surface area contributed by atoms with E-state index in [1.807, 2.05) is 12.1 Å². The zero-order valence-corrected chi connectivity index (χ0v) is 43.0. The van der Waals surface area contributed by atoms with Crippen molar-refractivity contribution in [3.8, 4) is 5.75 Å². The number of halogens is 2. The number of hydrogen-bond donors (Lipinski definition) is 4. The average Bonchev–Trinajstić information content (AvgIpc) is 3.25. The highest BCUT2D eigenvalue weighted by Crippen LogP contribution is 2.64. The first kappa shape index (κ1) is 48.6. The monoisotopic (exact) mass is 1030 g/mol. The predicted molar refractivity (Wildman–Crippen MR) is 266 cm³/mol. The molecule has 8 atom stereocenters. The number of ketones is 2. The van der Waals surface area contributed by atoms with Gasteiger partial charge in [-0.25, -0.2) is 9.59 Å². The Morgan fingerprint density at radius 1 is 0.833 bits per heavy atom. The van der Waals surface area contributed by atoms with Gasteiger partial charge in [0, 0.05) is 44.5 Å². The largest absolute Gasteiger partial charge is 0.507 e. The van der Waals surface area contributed by atoms with E-state index in [0.717, 1.165) is 53.0 Å². The summed E-state index contributed by atoms with van der Waals surface area (Å²) in [5.74, 6) is 2.80. The highest BCUT2D eigenvalue weighted by molar-refractivity contribution is 9.11. The molecule has 3 aromatic carbocycles. The number of aromatic hydroxyl groups is 1. The van der Waals surface area contributed by atoms with Crippen molar-refractivity contribution in [2.45, 2.75) is 132 Å². The van der Waals surface area contributed by atoms with Gasteiger partial charge in [0.25, 0.3) is 0 Å². The van der Waals surface area contributed by atoms with Gasteiger partial charge in [-0.05, 0) is 156 Å². The molecule has 4 fully saturated rings. The molecule has 8 unspecified atom stereocenters. The lowest BCUT2D eigenvalue weighted by atomic mass is 9.44. The zero-order chi connectivity index (χ0) is 47.3. The van der Waals surface area contributed by atoms with Crippen LogP contribution >= 0.6 is 31.9 Å². The first-order valence-electron chi connectivity index (χ1n) is 24.3. The summed E-state index contributed by atoms with van der Waals surface area (Å²) < 4.78 is 13.4. The van der Waals surface area contributed by atoms with Crippen molar-refractivity contribution < 1.29 is 33.8 Å². The second-order valence-corrected chi connectivity index (χ2v) is 24.4. The number of rotatable bonds is 11. The number of benzene rings is 3. The summed E-state index contributed by atoms with van der Waals surface area (Å²) in [5.41, 5.74) is 2.44. The van der Waals surface area contributed by atoms with Crippen LogP contribution in [0.1, 0.15) is 157 Å². The summed E-state index contributed by atoms with van der Waals surface area (Å²) >= 11 is 7.27. The lowest BCUT2D eigenvalue weighted by Gasteiger charge is -2.61. The Bertz CT molecular complexity index is 2380. The highest BCUT2D eigenvalue weighted by Gasteiger charge is 2.57. The quantitative estimate of drug-likeness (QED) is 0.109. The molecule has 0 spiro atoms. The van der Waals surface area contributed by atoms with Crippen molar-refractivity contribution in [2.24, 2.45) is 51.2 Å². The van der Waals surface area contributed by atoms with Gasteiger partial charge in [0.1, 0.15) is 5.75 Å². The molecule has 8 rings (SSSR count). The molecule has 0 aliphatic heterocycles. The van der Waals surface area contributed by atoms with Crippen LogP contribution in [0, 0.1) is 51.2 Å². The first-order valence-corrected chi connectivity index (χ1v) is 25.9. The Balaban J connectivity index is 0.835. The molecule has 0 heterocycles. The van der Waals surface area contributed by atoms with Gasteiger partial charge < -0.3 is 30.5 Å². The van der Waals surface area contributed by atoms with Crippen molar-refractivity contribution in [1.29, 1.82) is 0 Å². The summed E-state index contributed by atoms with van der Waals surface area (Å²) in [6.07, 6.45) is 12.2. The standard InChI is InChI=1S/C54H69Br2N3O7/c1-31(2)32-13-15-38-33(23-32)14-18-44-53(6,20-10-21-54(38,44)7)30-66-49(63)57-29-52(5)27-35(26-51(3,4)28-52)58-50(64)65-22-19-34-24-42(40(56)25-39(34)55)59-41-16-17-43(60)46-45(41)47(61)36-11-8-9-12-37(36)48(46)62/h8-9,11-12,16-17,24-25,31-33,35,38,44,59-60H,10,13-15,18-23,26-30H2,1-7H3,(H,57,63)(H,58,64). The van der Waals surface area contributed by atoms with Crippen LogP contribution in [0.3, 0.4) is 0 Å². The maximum Gasteiger partial charge on any atom is 0.407 e. The predicted octanol–water partition coefficient (Wildman–Crippen LogP) is 13.3. The lowest BCUT2D eigenvalue weighted by Crippen LogP contribution is -2.55. The number of carbonyl (C=O) groups excluding carboxylic acids is 4. The van der Waals surface area contributed by atoms with Gasteiger partial charge in [-0.2, -0.15) is 0 Å². The number of alkyl carbamates (subject to hydrolysis) is 2. The summed E-state index contributed by atoms with van der Waals surface area (Å²) in [6, 6.07) is 13.2. The lowest BCUT2D eigenvalue weighted by molar-refractivity contribution is -0.135. The van der Waals surface area contributed by atoms with Crippen LogP contribution < -0.4 is 16.0 Å². The summed E-state index contributed by atoms with van der Waals surface area (Å²) in [5, 5.41) is 20.3. The van der Waals surface area contributed by atoms with Crippen molar-refractivity contribution in [3.63, 3.8) is 0 Å². The van der Waals surface area contributed by atoms with Crippen LogP contribution in [0.5, 0.6) is 5.75 Å². The van der Waals surface area contributed by atoms with Gasteiger partial charge in [-0.1, -0.05) is 95.1 Å². The minimum atomic E-state index is -0.493. The number of phenolic OH excluding ortho intramolecular Hbond substituents is 1. The second-order valence-electron chi connectivity index (χ2n) is 22.7. The number of anilines is 2. The van der Waals surface area contributed by atoms with Gasteiger partial charge in [-0.15, -0.1) is 0 Å². The number of fused-ring (bicyclic) bond motifs is 5. The van der Waals surface area contributed by atoms with Gasteiger partial charge in [0.15, 0.2) is 11.6 Å². The Labute approximate surface area is 408 Å². The van der Waals surface area contributed by atoms with Gasteiger partial charge in [0.2, 0.25) is 0 Å². The van der Waals surface area contributed by atoms with E-state index in [-0.39, 0.29) is 68.8 Å². The fourth-order valence-electron chi connectivity index (χ4n) is 14.0. The van der Waals surface area contributed by atoms with E-state index in [4.69, 9.17) is 9.47 Å². The molecule has 5 aliphatic rings. The van der Waals surface area contributed by atoms with E-state index < -0.39 is 11.9 Å². The fourth-order valence-corrected chi connectivity index (χ4v) is 15.3. The fraction of sp³-hybridized carbons (Fsp3) is 0.593. The average molecular weight is 1030 g/mol. The van der Waals surface area contributed by atoms with E-state index in [2.05, 4.69) is 96.3 Å². The molecule has 5 aliphatic carbocycles. The second kappa shape index (κ2) is 18.9. The minimum absolute atomic E-state index is 0.0192. The summed E-state index contributed by atoms with van der Waals surface area (Å²) in [6.45, 7) is 17.4. The number of hydrogen-bond acceptors (Lipinski definition) is 8. The van der Waals surface area contributed by atoms with Crippen LogP contribution in [-0.2, 0) is 15.9 Å². The van der Waals surface area contributed by atoms with Crippen molar-refractivity contribution in [1.82, 2.24) is 10.6 Å². The third kappa shape index (κ3) is 9.83. The number of ether oxygens (including phenoxy) is 2. The van der Waals surface area contributed by atoms with Gasteiger partial charge in [-0.3, -0.25) is 9.59 Å². The number of carbonyl (C=O) groups is 4. The van der Waals surface area contributed by atoms with Gasteiger partial charge in [0.05, 0.1) is 35.7 Å². The van der Waals surface area contributed by atoms with E-state index in [1.54, 1.807) is 30.3 Å². The Morgan fingerprint density at radius 3 is 2.29 bits per heavy atom. The maximum atomic E-state index is 13.7. The van der Waals surface area contributed by atoms with E-state index in [0.29, 0.717) is 53.2 Å². The maximum absolute atomic E-state index is 13.7. The number of amides is 2. The zero-order valence-electron chi connectivity index (χ0n) is 39.8. The van der Waals surface area contributed by atoms with E-state index >= 15 is 0 Å². The number of nitrogens with one attached hydrogen (secondary N) is 3. The van der Waals surface area contributed by atoms with E-state index in [9.17, 15) is 24.3 Å². The molecule has 12 heteroatoms. The third-order valence-electron chi connectivity index (χ3n) is 16.8. The molecular weight excluding hydrogens is 962 g/mol. The molecule has 4 saturated carbocycles. The van der Waals surface area contributed by atoms with E-state index in [1.165, 1.54) is 51.0 Å². The smallest absolute Gasteiger partial charge is 0.407 e. The van der Waals surface area contributed by atoms with Crippen molar-refractivity contribution in [3.05, 3.63) is 85.3 Å². The number of phenols is 1.